The van der Waals surface area contributed by atoms with Crippen molar-refractivity contribution in [3.05, 3.63) is 28.8 Å². The minimum atomic E-state index is -0.967. The summed E-state index contributed by atoms with van der Waals surface area (Å²) < 4.78 is 5.52. The first-order valence-corrected chi connectivity index (χ1v) is 6.26. The summed E-state index contributed by atoms with van der Waals surface area (Å²) >= 11 is 6.15. The first kappa shape index (κ1) is 13.2. The van der Waals surface area contributed by atoms with E-state index in [0.29, 0.717) is 17.3 Å². The topological polar surface area (TPSA) is 49.8 Å². The van der Waals surface area contributed by atoms with Crippen molar-refractivity contribution < 1.29 is 14.6 Å². The number of carboxylic acids is 1. The number of halogens is 1. The van der Waals surface area contributed by atoms with Crippen LogP contribution < -0.4 is 4.90 Å². The highest BCUT2D eigenvalue weighted by Gasteiger charge is 2.30. The van der Waals surface area contributed by atoms with Crippen LogP contribution >= 0.6 is 11.6 Å². The van der Waals surface area contributed by atoms with E-state index in [0.717, 1.165) is 6.42 Å². The molecule has 0 amide bonds. The molecule has 1 aromatic carbocycles. The van der Waals surface area contributed by atoms with Gasteiger partial charge in [-0.3, -0.25) is 0 Å². The Labute approximate surface area is 111 Å². The molecule has 1 N–H and O–H groups in total. The largest absolute Gasteiger partial charge is 0.478 e. The van der Waals surface area contributed by atoms with Crippen molar-refractivity contribution in [3.8, 4) is 0 Å². The second-order valence-electron chi connectivity index (χ2n) is 4.48. The first-order chi connectivity index (χ1) is 8.52. The van der Waals surface area contributed by atoms with Gasteiger partial charge in [-0.2, -0.15) is 0 Å². The average Bonchev–Trinajstić information content (AvgIpc) is 2.74. The van der Waals surface area contributed by atoms with Crippen LogP contribution in [0.2, 0.25) is 5.02 Å². The van der Waals surface area contributed by atoms with E-state index < -0.39 is 5.97 Å². The van der Waals surface area contributed by atoms with Crippen LogP contribution in [0.4, 0.5) is 5.69 Å². The number of rotatable bonds is 3. The molecular formula is C13H16ClNO3. The Bertz CT molecular complexity index is 464. The highest BCUT2D eigenvalue weighted by Crippen LogP contribution is 2.33. The van der Waals surface area contributed by atoms with E-state index in [1.807, 2.05) is 18.9 Å². The Morgan fingerprint density at radius 2 is 2.28 bits per heavy atom. The Kier molecular flexibility index (Phi) is 3.78. The minimum absolute atomic E-state index is 0.0768. The van der Waals surface area contributed by atoms with Crippen molar-refractivity contribution >= 4 is 23.3 Å². The molecule has 2 rings (SSSR count). The first-order valence-electron chi connectivity index (χ1n) is 5.88. The summed E-state index contributed by atoms with van der Waals surface area (Å²) in [7, 11) is 1.86. The predicted molar refractivity (Wildman–Crippen MR) is 70.6 cm³/mol. The molecule has 1 aliphatic heterocycles. The number of hydrogen-bond acceptors (Lipinski definition) is 3. The number of carboxylic acid groups (broad SMARTS) is 1. The standard InChI is InChI=1S/C13H16ClNO3/c1-8-11(6-7-18-8)15(2)12-9(13(16)17)4-3-5-10(12)14/h3-5,8,11H,6-7H2,1-2H3,(H,16,17). The molecule has 5 heteroatoms. The summed E-state index contributed by atoms with van der Waals surface area (Å²) in [6.45, 7) is 2.69. The van der Waals surface area contributed by atoms with Crippen LogP contribution in [0.3, 0.4) is 0 Å². The van der Waals surface area contributed by atoms with Gasteiger partial charge in [-0.1, -0.05) is 17.7 Å². The van der Waals surface area contributed by atoms with Gasteiger partial charge in [0.2, 0.25) is 0 Å². The summed E-state index contributed by atoms with van der Waals surface area (Å²) in [5.74, 6) is -0.967. The molecule has 2 unspecified atom stereocenters. The normalized spacial score (nSPS) is 23.1. The maximum atomic E-state index is 11.3. The van der Waals surface area contributed by atoms with Gasteiger partial charge in [0.25, 0.3) is 0 Å². The van der Waals surface area contributed by atoms with E-state index in [-0.39, 0.29) is 17.7 Å². The number of para-hydroxylation sites is 1. The van der Waals surface area contributed by atoms with Crippen LogP contribution in [0.15, 0.2) is 18.2 Å². The molecule has 0 aromatic heterocycles. The molecule has 1 aliphatic rings. The number of carbonyl (C=O) groups is 1. The number of likely N-dealkylation sites (N-methyl/N-ethyl adjacent to an activating group) is 1. The van der Waals surface area contributed by atoms with Gasteiger partial charge in [0.05, 0.1) is 28.4 Å². The average molecular weight is 270 g/mol. The molecule has 0 bridgehead atoms. The summed E-state index contributed by atoms with van der Waals surface area (Å²) in [5.41, 5.74) is 0.790. The van der Waals surface area contributed by atoms with Crippen LogP contribution in [0.1, 0.15) is 23.7 Å². The molecule has 1 fully saturated rings. The van der Waals surface area contributed by atoms with Gasteiger partial charge in [0.1, 0.15) is 0 Å². The number of anilines is 1. The molecule has 1 saturated heterocycles. The van der Waals surface area contributed by atoms with Crippen molar-refractivity contribution in [1.29, 1.82) is 0 Å². The fourth-order valence-corrected chi connectivity index (χ4v) is 2.75. The summed E-state index contributed by atoms with van der Waals surface area (Å²) in [6.07, 6.45) is 0.954. The molecule has 0 spiro atoms. The highest BCUT2D eigenvalue weighted by atomic mass is 35.5. The lowest BCUT2D eigenvalue weighted by atomic mass is 10.1. The Morgan fingerprint density at radius 3 is 2.83 bits per heavy atom. The summed E-state index contributed by atoms with van der Waals surface area (Å²) in [6, 6.07) is 5.08. The van der Waals surface area contributed by atoms with Gasteiger partial charge in [0, 0.05) is 13.7 Å². The van der Waals surface area contributed by atoms with Crippen molar-refractivity contribution in [3.63, 3.8) is 0 Å². The fraction of sp³-hybridized carbons (Fsp3) is 0.462. The summed E-state index contributed by atoms with van der Waals surface area (Å²) in [4.78, 5) is 13.2. The van der Waals surface area contributed by atoms with E-state index in [4.69, 9.17) is 16.3 Å². The van der Waals surface area contributed by atoms with Crippen molar-refractivity contribution in [2.75, 3.05) is 18.6 Å². The van der Waals surface area contributed by atoms with Crippen LogP contribution in [0.5, 0.6) is 0 Å². The number of hydrogen-bond donors (Lipinski definition) is 1. The fourth-order valence-electron chi connectivity index (χ4n) is 2.44. The van der Waals surface area contributed by atoms with E-state index in [1.54, 1.807) is 18.2 Å². The van der Waals surface area contributed by atoms with Crippen molar-refractivity contribution in [1.82, 2.24) is 0 Å². The highest BCUT2D eigenvalue weighted by molar-refractivity contribution is 6.34. The third kappa shape index (κ3) is 2.31. The van der Waals surface area contributed by atoms with E-state index in [9.17, 15) is 9.90 Å². The predicted octanol–water partition coefficient (Wildman–Crippen LogP) is 2.65. The van der Waals surface area contributed by atoms with Crippen molar-refractivity contribution in [2.24, 2.45) is 0 Å². The maximum absolute atomic E-state index is 11.3. The zero-order valence-corrected chi connectivity index (χ0v) is 11.1. The van der Waals surface area contributed by atoms with Crippen LogP contribution in [0.25, 0.3) is 0 Å². The van der Waals surface area contributed by atoms with E-state index >= 15 is 0 Å². The second kappa shape index (κ2) is 5.16. The van der Waals surface area contributed by atoms with Crippen LogP contribution in [0, 0.1) is 0 Å². The molecule has 98 valence electrons. The number of aromatic carboxylic acids is 1. The number of ether oxygens (including phenoxy) is 1. The smallest absolute Gasteiger partial charge is 0.337 e. The van der Waals surface area contributed by atoms with Gasteiger partial charge >= 0.3 is 5.97 Å². The zero-order valence-electron chi connectivity index (χ0n) is 10.4. The molecule has 0 saturated carbocycles. The zero-order chi connectivity index (χ0) is 13.3. The monoisotopic (exact) mass is 269 g/mol. The lowest BCUT2D eigenvalue weighted by Crippen LogP contribution is -2.37. The number of benzene rings is 1. The minimum Gasteiger partial charge on any atom is -0.478 e. The maximum Gasteiger partial charge on any atom is 0.337 e. The molecule has 0 aliphatic carbocycles. The van der Waals surface area contributed by atoms with E-state index in [1.165, 1.54) is 0 Å². The van der Waals surface area contributed by atoms with E-state index in [2.05, 4.69) is 0 Å². The Balaban J connectivity index is 2.40. The SMILES string of the molecule is CC1OCCC1N(C)c1c(Cl)cccc1C(=O)O. The van der Waals surface area contributed by atoms with Crippen LogP contribution in [-0.2, 0) is 4.74 Å². The third-order valence-electron chi connectivity index (χ3n) is 3.40. The quantitative estimate of drug-likeness (QED) is 0.917. The molecule has 1 aromatic rings. The van der Waals surface area contributed by atoms with Gasteiger partial charge in [0.15, 0.2) is 0 Å². The Hall–Kier alpha value is -1.26. The Morgan fingerprint density at radius 1 is 1.56 bits per heavy atom. The van der Waals surface area contributed by atoms with Gasteiger partial charge in [-0.25, -0.2) is 4.79 Å². The lowest BCUT2D eigenvalue weighted by molar-refractivity contribution is 0.0697. The molecule has 1 heterocycles. The van der Waals surface area contributed by atoms with Crippen molar-refractivity contribution in [2.45, 2.75) is 25.5 Å². The molecule has 4 nitrogen and oxygen atoms in total. The molecular weight excluding hydrogens is 254 g/mol. The van der Waals surface area contributed by atoms with Gasteiger partial charge < -0.3 is 14.7 Å². The summed E-state index contributed by atoms with van der Waals surface area (Å²) in [5, 5.41) is 9.69. The lowest BCUT2D eigenvalue weighted by Gasteiger charge is -2.30. The second-order valence-corrected chi connectivity index (χ2v) is 4.89. The molecule has 18 heavy (non-hydrogen) atoms. The van der Waals surface area contributed by atoms with Crippen LogP contribution in [-0.4, -0.2) is 36.9 Å². The molecule has 0 radical (unpaired) electrons. The van der Waals surface area contributed by atoms with Gasteiger partial charge in [-0.05, 0) is 25.5 Å². The third-order valence-corrected chi connectivity index (χ3v) is 3.71. The number of nitrogens with zero attached hydrogens (tertiary/aromatic N) is 1. The van der Waals surface area contributed by atoms with Gasteiger partial charge in [-0.15, -0.1) is 0 Å². The molecule has 2 atom stereocenters.